The van der Waals surface area contributed by atoms with Crippen LogP contribution in [0.2, 0.25) is 0 Å². The first-order chi connectivity index (χ1) is 6.88. The van der Waals surface area contributed by atoms with Crippen LogP contribution in [0, 0.1) is 22.7 Å². The first-order valence-electron chi connectivity index (χ1n) is 5.85. The summed E-state index contributed by atoms with van der Waals surface area (Å²) in [6.45, 7) is 7.13. The predicted molar refractivity (Wildman–Crippen MR) is 61.1 cm³/mol. The minimum absolute atomic E-state index is 0.320. The van der Waals surface area contributed by atoms with Crippen LogP contribution in [0.3, 0.4) is 0 Å². The molecule has 0 aromatic carbocycles. The molecule has 1 amide bonds. The van der Waals surface area contributed by atoms with Gasteiger partial charge in [-0.2, -0.15) is 0 Å². The molecule has 0 radical (unpaired) electrons. The Morgan fingerprint density at radius 3 is 2.47 bits per heavy atom. The third-order valence-corrected chi connectivity index (χ3v) is 5.35. The Kier molecular flexibility index (Phi) is 2.21. The Bertz CT molecular complexity index is 318. The van der Waals surface area contributed by atoms with E-state index in [1.807, 2.05) is 6.08 Å². The molecule has 2 saturated carbocycles. The fourth-order valence-electron chi connectivity index (χ4n) is 3.77. The highest BCUT2D eigenvalue weighted by atomic mass is 16.1. The van der Waals surface area contributed by atoms with E-state index in [4.69, 9.17) is 5.73 Å². The molecule has 84 valence electrons. The van der Waals surface area contributed by atoms with Crippen LogP contribution in [0.5, 0.6) is 0 Å². The number of nitrogens with two attached hydrogens (primary N) is 1. The lowest BCUT2D eigenvalue weighted by molar-refractivity contribution is -0.113. The number of rotatable bonds is 2. The van der Waals surface area contributed by atoms with Gasteiger partial charge in [0, 0.05) is 0 Å². The maximum absolute atomic E-state index is 10.8. The van der Waals surface area contributed by atoms with E-state index >= 15 is 0 Å². The minimum Gasteiger partial charge on any atom is -0.366 e. The first-order valence-corrected chi connectivity index (χ1v) is 5.85. The Morgan fingerprint density at radius 2 is 2.07 bits per heavy atom. The number of allylic oxidation sites excluding steroid dienone is 1. The van der Waals surface area contributed by atoms with Gasteiger partial charge in [0.25, 0.3) is 0 Å². The lowest BCUT2D eigenvalue weighted by atomic mass is 9.67. The maximum atomic E-state index is 10.8. The molecule has 15 heavy (non-hydrogen) atoms. The normalized spacial score (nSPS) is 42.6. The smallest absolute Gasteiger partial charge is 0.241 e. The third kappa shape index (κ3) is 1.34. The summed E-state index contributed by atoms with van der Waals surface area (Å²) in [6, 6.07) is 0. The van der Waals surface area contributed by atoms with E-state index in [1.165, 1.54) is 19.3 Å². The van der Waals surface area contributed by atoms with E-state index in [2.05, 4.69) is 20.8 Å². The van der Waals surface area contributed by atoms with E-state index in [0.29, 0.717) is 16.7 Å². The number of fused-ring (bicyclic) bond motifs is 2. The summed E-state index contributed by atoms with van der Waals surface area (Å²) in [5.74, 6) is 1.04. The molecule has 2 N–H and O–H groups in total. The second kappa shape index (κ2) is 3.10. The second-order valence-electron chi connectivity index (χ2n) is 5.98. The van der Waals surface area contributed by atoms with Gasteiger partial charge in [-0.15, -0.1) is 0 Å². The number of amides is 1. The van der Waals surface area contributed by atoms with Gasteiger partial charge in [-0.05, 0) is 48.0 Å². The molecule has 0 aromatic heterocycles. The van der Waals surface area contributed by atoms with Gasteiger partial charge in [0.15, 0.2) is 0 Å². The van der Waals surface area contributed by atoms with Gasteiger partial charge in [-0.25, -0.2) is 0 Å². The second-order valence-corrected chi connectivity index (χ2v) is 5.98. The minimum atomic E-state index is -0.320. The molecule has 2 nitrogen and oxygen atoms in total. The lowest BCUT2D eigenvalue weighted by Crippen LogP contribution is -2.31. The van der Waals surface area contributed by atoms with Crippen molar-refractivity contribution >= 4 is 5.91 Å². The van der Waals surface area contributed by atoms with Crippen molar-refractivity contribution in [3.63, 3.8) is 0 Å². The molecule has 0 aliphatic heterocycles. The molecular weight excluding hydrogens is 186 g/mol. The van der Waals surface area contributed by atoms with Crippen molar-refractivity contribution in [1.29, 1.82) is 0 Å². The fourth-order valence-corrected chi connectivity index (χ4v) is 3.77. The van der Waals surface area contributed by atoms with Crippen molar-refractivity contribution in [2.45, 2.75) is 40.0 Å². The number of primary amides is 1. The van der Waals surface area contributed by atoms with Gasteiger partial charge in [0.05, 0.1) is 0 Å². The SMILES string of the molecule is CC1(C)C2CCC1(C)C(C=CC(N)=O)C2. The molecule has 0 saturated heterocycles. The molecule has 3 atom stereocenters. The molecule has 2 aliphatic carbocycles. The van der Waals surface area contributed by atoms with Crippen LogP contribution in [0.1, 0.15) is 40.0 Å². The topological polar surface area (TPSA) is 43.1 Å². The maximum Gasteiger partial charge on any atom is 0.241 e. The van der Waals surface area contributed by atoms with Crippen LogP contribution < -0.4 is 5.73 Å². The van der Waals surface area contributed by atoms with Crippen molar-refractivity contribution in [3.8, 4) is 0 Å². The standard InChI is InChI=1S/C13H21NO/c1-12(2)9-6-7-13(12,3)10(8-9)4-5-11(14)15/h4-5,9-10H,6-8H2,1-3H3,(H2,14,15). The summed E-state index contributed by atoms with van der Waals surface area (Å²) < 4.78 is 0. The van der Waals surface area contributed by atoms with E-state index in [9.17, 15) is 4.79 Å². The van der Waals surface area contributed by atoms with Crippen LogP contribution in [0.4, 0.5) is 0 Å². The van der Waals surface area contributed by atoms with Gasteiger partial charge >= 0.3 is 0 Å². The monoisotopic (exact) mass is 207 g/mol. The Morgan fingerprint density at radius 1 is 1.40 bits per heavy atom. The summed E-state index contributed by atoms with van der Waals surface area (Å²) in [6.07, 6.45) is 7.46. The molecule has 3 unspecified atom stereocenters. The Hall–Kier alpha value is -0.790. The highest BCUT2D eigenvalue weighted by Gasteiger charge is 2.60. The number of hydrogen-bond acceptors (Lipinski definition) is 1. The van der Waals surface area contributed by atoms with Gasteiger partial charge in [-0.1, -0.05) is 26.8 Å². The summed E-state index contributed by atoms with van der Waals surface area (Å²) in [5.41, 5.74) is 5.93. The van der Waals surface area contributed by atoms with Crippen molar-refractivity contribution in [3.05, 3.63) is 12.2 Å². The zero-order valence-electron chi connectivity index (χ0n) is 9.92. The summed E-state index contributed by atoms with van der Waals surface area (Å²) >= 11 is 0. The Labute approximate surface area is 91.9 Å². The number of carbonyl (C=O) groups excluding carboxylic acids is 1. The molecule has 2 bridgehead atoms. The molecule has 0 heterocycles. The highest BCUT2D eigenvalue weighted by molar-refractivity contribution is 5.85. The summed E-state index contributed by atoms with van der Waals surface area (Å²) in [7, 11) is 0. The van der Waals surface area contributed by atoms with Crippen LogP contribution in [-0.4, -0.2) is 5.91 Å². The number of carbonyl (C=O) groups is 1. The van der Waals surface area contributed by atoms with Gasteiger partial charge in [0.1, 0.15) is 0 Å². The van der Waals surface area contributed by atoms with Crippen LogP contribution in [0.15, 0.2) is 12.2 Å². The molecule has 2 fully saturated rings. The van der Waals surface area contributed by atoms with Crippen molar-refractivity contribution in [2.75, 3.05) is 0 Å². The van der Waals surface area contributed by atoms with Crippen molar-refractivity contribution < 1.29 is 4.79 Å². The van der Waals surface area contributed by atoms with Crippen molar-refractivity contribution in [2.24, 2.45) is 28.4 Å². The van der Waals surface area contributed by atoms with E-state index < -0.39 is 0 Å². The Balaban J connectivity index is 2.22. The fraction of sp³-hybridized carbons (Fsp3) is 0.769. The van der Waals surface area contributed by atoms with Crippen LogP contribution in [0.25, 0.3) is 0 Å². The molecule has 2 rings (SSSR count). The van der Waals surface area contributed by atoms with Gasteiger partial charge < -0.3 is 5.73 Å². The quantitative estimate of drug-likeness (QED) is 0.695. The molecule has 0 spiro atoms. The predicted octanol–water partition coefficient (Wildman–Crippen LogP) is 2.49. The van der Waals surface area contributed by atoms with Crippen LogP contribution >= 0.6 is 0 Å². The largest absolute Gasteiger partial charge is 0.366 e. The molecular formula is C13H21NO. The zero-order chi connectivity index (χ0) is 11.3. The molecule has 2 heteroatoms. The van der Waals surface area contributed by atoms with E-state index in [1.54, 1.807) is 6.08 Å². The third-order valence-electron chi connectivity index (χ3n) is 5.35. The van der Waals surface area contributed by atoms with Gasteiger partial charge in [-0.3, -0.25) is 4.79 Å². The summed E-state index contributed by atoms with van der Waals surface area (Å²) in [4.78, 5) is 10.8. The first kappa shape index (κ1) is 10.7. The van der Waals surface area contributed by atoms with Gasteiger partial charge in [0.2, 0.25) is 5.91 Å². The number of hydrogen-bond donors (Lipinski definition) is 1. The zero-order valence-corrected chi connectivity index (χ0v) is 9.92. The lowest BCUT2D eigenvalue weighted by Gasteiger charge is -2.38. The van der Waals surface area contributed by atoms with Crippen molar-refractivity contribution in [1.82, 2.24) is 0 Å². The average Bonchev–Trinajstić information content (AvgIpc) is 2.46. The van der Waals surface area contributed by atoms with E-state index in [-0.39, 0.29) is 5.91 Å². The highest BCUT2D eigenvalue weighted by Crippen LogP contribution is 2.68. The van der Waals surface area contributed by atoms with Crippen LogP contribution in [-0.2, 0) is 4.79 Å². The summed E-state index contributed by atoms with van der Waals surface area (Å²) in [5, 5.41) is 0. The average molecular weight is 207 g/mol. The molecule has 2 aliphatic rings. The van der Waals surface area contributed by atoms with E-state index in [0.717, 1.165) is 5.92 Å². The molecule has 0 aromatic rings.